The zero-order valence-corrected chi connectivity index (χ0v) is 15.5. The number of carbonyl (C=O) groups is 4. The maximum absolute atomic E-state index is 11.4. The molecule has 0 aliphatic rings. The van der Waals surface area contributed by atoms with Crippen molar-refractivity contribution in [1.29, 1.82) is 0 Å². The van der Waals surface area contributed by atoms with Gasteiger partial charge in [0.25, 0.3) is 0 Å². The Morgan fingerprint density at radius 3 is 2.03 bits per heavy atom. The molecular formula is C20H19NO8. The molecule has 0 saturated heterocycles. The first kappa shape index (κ1) is 21.4. The molecule has 3 N–H and O–H groups in total. The van der Waals surface area contributed by atoms with Gasteiger partial charge in [-0.25, -0.2) is 14.4 Å². The van der Waals surface area contributed by atoms with Gasteiger partial charge in [-0.15, -0.1) is 0 Å². The summed E-state index contributed by atoms with van der Waals surface area (Å²) < 4.78 is 10.3. The third-order valence-corrected chi connectivity index (χ3v) is 3.94. The van der Waals surface area contributed by atoms with E-state index in [1.54, 1.807) is 48.5 Å². The predicted octanol–water partition coefficient (Wildman–Crippen LogP) is 1.25. The zero-order chi connectivity index (χ0) is 21.4. The second-order valence-corrected chi connectivity index (χ2v) is 5.99. The molecule has 2 rings (SSSR count). The number of hydrogen-bond acceptors (Lipinski definition) is 6. The number of hydrogen-bond donors (Lipinski definition) is 3. The molecule has 0 bridgehead atoms. The monoisotopic (exact) mass is 401 g/mol. The number of nitrogens with one attached hydrogen (secondary N) is 1. The van der Waals surface area contributed by atoms with Crippen molar-refractivity contribution in [2.45, 2.75) is 19.1 Å². The molecular weight excluding hydrogens is 382 g/mol. The Bertz CT molecular complexity index is 890. The highest BCUT2D eigenvalue weighted by atomic mass is 16.5. The molecule has 0 aliphatic carbocycles. The molecule has 9 nitrogen and oxygen atoms in total. The Labute approximate surface area is 165 Å². The summed E-state index contributed by atoms with van der Waals surface area (Å²) in [5.41, 5.74) is 1.85. The summed E-state index contributed by atoms with van der Waals surface area (Å²) in [7, 11) is 1.31. The third-order valence-electron chi connectivity index (χ3n) is 3.94. The SMILES string of the molecule is COC(=O)c1ccc(COc2ccc(C[C@@H](NC(=O)C(=O)O)C(=O)O)cc2)cc1. The molecule has 0 spiro atoms. The van der Waals surface area contributed by atoms with E-state index in [9.17, 15) is 19.2 Å². The minimum Gasteiger partial charge on any atom is -0.489 e. The van der Waals surface area contributed by atoms with Crippen molar-refractivity contribution < 1.29 is 38.9 Å². The van der Waals surface area contributed by atoms with E-state index in [0.29, 0.717) is 16.9 Å². The maximum Gasteiger partial charge on any atom is 0.394 e. The van der Waals surface area contributed by atoms with Crippen LogP contribution in [0.3, 0.4) is 0 Å². The van der Waals surface area contributed by atoms with Crippen molar-refractivity contribution in [1.82, 2.24) is 5.32 Å². The van der Waals surface area contributed by atoms with Crippen LogP contribution in [0.15, 0.2) is 48.5 Å². The third kappa shape index (κ3) is 6.35. The molecule has 0 aromatic heterocycles. The number of benzene rings is 2. The molecule has 2 aromatic carbocycles. The lowest BCUT2D eigenvalue weighted by atomic mass is 10.1. The Morgan fingerprint density at radius 1 is 0.931 bits per heavy atom. The van der Waals surface area contributed by atoms with Crippen LogP contribution < -0.4 is 10.1 Å². The van der Waals surface area contributed by atoms with Crippen LogP contribution in [-0.2, 0) is 32.1 Å². The van der Waals surface area contributed by atoms with Gasteiger partial charge < -0.3 is 25.0 Å². The lowest BCUT2D eigenvalue weighted by Gasteiger charge is -2.13. The van der Waals surface area contributed by atoms with Crippen molar-refractivity contribution in [3.05, 3.63) is 65.2 Å². The number of methoxy groups -OCH3 is 1. The van der Waals surface area contributed by atoms with Crippen molar-refractivity contribution in [3.8, 4) is 5.75 Å². The highest BCUT2D eigenvalue weighted by Gasteiger charge is 2.23. The van der Waals surface area contributed by atoms with Crippen molar-refractivity contribution >= 4 is 23.8 Å². The molecule has 152 valence electrons. The van der Waals surface area contributed by atoms with Crippen LogP contribution in [0, 0.1) is 0 Å². The summed E-state index contributed by atoms with van der Waals surface area (Å²) in [6, 6.07) is 11.9. The number of carbonyl (C=O) groups excluding carboxylic acids is 2. The molecule has 9 heteroatoms. The molecule has 29 heavy (non-hydrogen) atoms. The minimum atomic E-state index is -1.75. The van der Waals surface area contributed by atoms with E-state index >= 15 is 0 Å². The molecule has 0 heterocycles. The number of carboxylic acids is 2. The number of ether oxygens (including phenoxy) is 2. The van der Waals surface area contributed by atoms with Crippen LogP contribution in [0.1, 0.15) is 21.5 Å². The van der Waals surface area contributed by atoms with Gasteiger partial charge in [-0.2, -0.15) is 0 Å². The van der Waals surface area contributed by atoms with Crippen LogP contribution in [0.2, 0.25) is 0 Å². The highest BCUT2D eigenvalue weighted by Crippen LogP contribution is 2.16. The molecule has 0 saturated carbocycles. The molecule has 0 radical (unpaired) electrons. The molecule has 0 unspecified atom stereocenters. The van der Waals surface area contributed by atoms with E-state index in [-0.39, 0.29) is 13.0 Å². The van der Waals surface area contributed by atoms with E-state index in [0.717, 1.165) is 5.56 Å². The van der Waals surface area contributed by atoms with Gasteiger partial charge in [0.1, 0.15) is 18.4 Å². The minimum absolute atomic E-state index is 0.0797. The second kappa shape index (κ2) is 9.88. The smallest absolute Gasteiger partial charge is 0.394 e. The Hall–Kier alpha value is -3.88. The maximum atomic E-state index is 11.4. The highest BCUT2D eigenvalue weighted by molar-refractivity contribution is 6.31. The van der Waals surface area contributed by atoms with E-state index in [1.165, 1.54) is 7.11 Å². The molecule has 2 aromatic rings. The number of esters is 1. The number of rotatable bonds is 8. The Morgan fingerprint density at radius 2 is 1.52 bits per heavy atom. The van der Waals surface area contributed by atoms with Gasteiger partial charge in [0.05, 0.1) is 12.7 Å². The first-order chi connectivity index (χ1) is 13.8. The fourth-order valence-corrected chi connectivity index (χ4v) is 2.40. The van der Waals surface area contributed by atoms with Gasteiger partial charge in [-0.3, -0.25) is 4.79 Å². The average Bonchev–Trinajstić information content (AvgIpc) is 2.72. The summed E-state index contributed by atoms with van der Waals surface area (Å²) in [6.07, 6.45) is -0.0797. The summed E-state index contributed by atoms with van der Waals surface area (Å²) in [6.45, 7) is 0.257. The summed E-state index contributed by atoms with van der Waals surface area (Å²) >= 11 is 0. The topological polar surface area (TPSA) is 139 Å². The Kier molecular flexibility index (Phi) is 7.30. The molecule has 1 atom stereocenters. The first-order valence-electron chi connectivity index (χ1n) is 8.45. The van der Waals surface area contributed by atoms with Gasteiger partial charge in [0.2, 0.25) is 0 Å². The van der Waals surface area contributed by atoms with Crippen LogP contribution in [0.4, 0.5) is 0 Å². The van der Waals surface area contributed by atoms with E-state index in [1.807, 2.05) is 5.32 Å². The van der Waals surface area contributed by atoms with Crippen LogP contribution in [0.5, 0.6) is 5.75 Å². The van der Waals surface area contributed by atoms with Gasteiger partial charge in [-0.1, -0.05) is 24.3 Å². The largest absolute Gasteiger partial charge is 0.489 e. The Balaban J connectivity index is 1.93. The normalized spacial score (nSPS) is 11.2. The molecule has 0 fully saturated rings. The standard InChI is InChI=1S/C20H19NO8/c1-28-20(27)14-6-2-13(3-7-14)11-29-15-8-4-12(5-9-15)10-16(18(23)24)21-17(22)19(25)26/h2-9,16H,10-11H2,1H3,(H,21,22)(H,23,24)(H,25,26)/t16-/m1/s1. The van der Waals surface area contributed by atoms with Crippen molar-refractivity contribution in [3.63, 3.8) is 0 Å². The summed E-state index contributed by atoms with van der Waals surface area (Å²) in [4.78, 5) is 44.4. The van der Waals surface area contributed by atoms with Crippen LogP contribution in [0.25, 0.3) is 0 Å². The lowest BCUT2D eigenvalue weighted by Crippen LogP contribution is -2.45. The fraction of sp³-hybridized carbons (Fsp3) is 0.200. The van der Waals surface area contributed by atoms with E-state index < -0.39 is 29.9 Å². The lowest BCUT2D eigenvalue weighted by molar-refractivity contribution is -0.152. The zero-order valence-electron chi connectivity index (χ0n) is 15.5. The fourth-order valence-electron chi connectivity index (χ4n) is 2.40. The van der Waals surface area contributed by atoms with E-state index in [2.05, 4.69) is 4.74 Å². The van der Waals surface area contributed by atoms with Crippen molar-refractivity contribution in [2.75, 3.05) is 7.11 Å². The predicted molar refractivity (Wildman–Crippen MR) is 99.5 cm³/mol. The van der Waals surface area contributed by atoms with Gasteiger partial charge in [0.15, 0.2) is 0 Å². The van der Waals surface area contributed by atoms with E-state index in [4.69, 9.17) is 14.9 Å². The van der Waals surface area contributed by atoms with Gasteiger partial charge >= 0.3 is 23.8 Å². The quantitative estimate of drug-likeness (QED) is 0.444. The summed E-state index contributed by atoms with van der Waals surface area (Å²) in [5, 5.41) is 19.7. The summed E-state index contributed by atoms with van der Waals surface area (Å²) in [5.74, 6) is -4.36. The first-order valence-corrected chi connectivity index (χ1v) is 8.45. The second-order valence-electron chi connectivity index (χ2n) is 5.99. The number of carboxylic acid groups (broad SMARTS) is 2. The molecule has 1 amide bonds. The van der Waals surface area contributed by atoms with Crippen LogP contribution >= 0.6 is 0 Å². The number of aliphatic carboxylic acids is 2. The molecule has 0 aliphatic heterocycles. The number of amides is 1. The van der Waals surface area contributed by atoms with Crippen molar-refractivity contribution in [2.24, 2.45) is 0 Å². The van der Waals surface area contributed by atoms with Crippen LogP contribution in [-0.4, -0.2) is 47.2 Å². The van der Waals surface area contributed by atoms with Gasteiger partial charge in [0, 0.05) is 6.42 Å². The average molecular weight is 401 g/mol. The van der Waals surface area contributed by atoms with Gasteiger partial charge in [-0.05, 0) is 35.4 Å².